The van der Waals surface area contributed by atoms with Crippen molar-refractivity contribution in [3.63, 3.8) is 0 Å². The number of hydrogen-bond donors (Lipinski definition) is 0. The first-order chi connectivity index (χ1) is 6.79. The summed E-state index contributed by atoms with van der Waals surface area (Å²) in [6.07, 6.45) is 4.61. The molecule has 0 aromatic carbocycles. The fraction of sp³-hybridized carbons (Fsp3) is 0.400. The molecule has 0 aliphatic rings. The summed E-state index contributed by atoms with van der Waals surface area (Å²) in [5.74, 6) is 1.79. The highest BCUT2D eigenvalue weighted by atomic mass is 32.2. The Hall–Kier alpha value is -1.03. The summed E-state index contributed by atoms with van der Waals surface area (Å²) in [5, 5.41) is 0. The zero-order valence-corrected chi connectivity index (χ0v) is 9.25. The second kappa shape index (κ2) is 5.65. The number of aldehydes is 1. The molecular formula is C10H14N2OS. The van der Waals surface area contributed by atoms with E-state index in [0.717, 1.165) is 24.4 Å². The maximum atomic E-state index is 10.7. The van der Waals surface area contributed by atoms with Crippen LogP contribution in [0.15, 0.2) is 18.3 Å². The first kappa shape index (κ1) is 11.0. The molecule has 1 aromatic rings. The summed E-state index contributed by atoms with van der Waals surface area (Å²) in [7, 11) is 1.95. The van der Waals surface area contributed by atoms with E-state index in [2.05, 4.69) is 11.2 Å². The highest BCUT2D eigenvalue weighted by molar-refractivity contribution is 7.98. The van der Waals surface area contributed by atoms with E-state index in [-0.39, 0.29) is 0 Å². The number of thioether (sulfide) groups is 1. The van der Waals surface area contributed by atoms with Crippen LogP contribution in [0.5, 0.6) is 0 Å². The molecule has 0 aliphatic heterocycles. The van der Waals surface area contributed by atoms with Crippen molar-refractivity contribution < 1.29 is 4.79 Å². The maximum Gasteiger partial charge on any atom is 0.153 e. The van der Waals surface area contributed by atoms with Crippen molar-refractivity contribution in [1.29, 1.82) is 0 Å². The quantitative estimate of drug-likeness (QED) is 0.692. The molecule has 14 heavy (non-hydrogen) atoms. The van der Waals surface area contributed by atoms with Gasteiger partial charge in [0, 0.05) is 25.5 Å². The number of anilines is 1. The predicted octanol–water partition coefficient (Wildman–Crippen LogP) is 1.69. The summed E-state index contributed by atoms with van der Waals surface area (Å²) < 4.78 is 0. The molecule has 0 bridgehead atoms. The molecule has 1 rings (SSSR count). The first-order valence-corrected chi connectivity index (χ1v) is 5.79. The Balaban J connectivity index is 2.77. The van der Waals surface area contributed by atoms with E-state index < -0.39 is 0 Å². The van der Waals surface area contributed by atoms with Crippen LogP contribution in [0.25, 0.3) is 0 Å². The van der Waals surface area contributed by atoms with Crippen LogP contribution in [0.4, 0.5) is 5.82 Å². The van der Waals surface area contributed by atoms with Crippen LogP contribution >= 0.6 is 11.8 Å². The minimum absolute atomic E-state index is 0.649. The van der Waals surface area contributed by atoms with Crippen molar-refractivity contribution in [2.75, 3.05) is 30.5 Å². The summed E-state index contributed by atoms with van der Waals surface area (Å²) >= 11 is 1.78. The lowest BCUT2D eigenvalue weighted by Crippen LogP contribution is -2.22. The number of hydrogen-bond acceptors (Lipinski definition) is 4. The molecule has 0 unspecified atom stereocenters. The normalized spacial score (nSPS) is 9.86. The zero-order valence-electron chi connectivity index (χ0n) is 8.43. The van der Waals surface area contributed by atoms with Gasteiger partial charge in [-0.15, -0.1) is 0 Å². The number of carbonyl (C=O) groups is 1. The van der Waals surface area contributed by atoms with E-state index in [1.165, 1.54) is 0 Å². The minimum atomic E-state index is 0.649. The molecule has 0 spiro atoms. The Kier molecular flexibility index (Phi) is 4.46. The van der Waals surface area contributed by atoms with E-state index in [1.54, 1.807) is 30.1 Å². The molecule has 0 saturated carbocycles. The molecule has 0 fully saturated rings. The Morgan fingerprint density at radius 3 is 3.07 bits per heavy atom. The van der Waals surface area contributed by atoms with Gasteiger partial charge in [0.25, 0.3) is 0 Å². The largest absolute Gasteiger partial charge is 0.358 e. The van der Waals surface area contributed by atoms with E-state index >= 15 is 0 Å². The smallest absolute Gasteiger partial charge is 0.153 e. The Morgan fingerprint density at radius 1 is 1.64 bits per heavy atom. The molecule has 4 heteroatoms. The molecule has 1 heterocycles. The van der Waals surface area contributed by atoms with Crippen molar-refractivity contribution in [3.8, 4) is 0 Å². The third kappa shape index (κ3) is 2.73. The van der Waals surface area contributed by atoms with Crippen molar-refractivity contribution in [2.24, 2.45) is 0 Å². The lowest BCUT2D eigenvalue weighted by molar-refractivity contribution is 0.112. The third-order valence-corrected chi connectivity index (χ3v) is 2.53. The average Bonchev–Trinajstić information content (AvgIpc) is 2.25. The Morgan fingerprint density at radius 2 is 2.43 bits per heavy atom. The molecule has 3 nitrogen and oxygen atoms in total. The first-order valence-electron chi connectivity index (χ1n) is 4.40. The summed E-state index contributed by atoms with van der Waals surface area (Å²) in [6, 6.07) is 3.56. The van der Waals surface area contributed by atoms with Crippen molar-refractivity contribution in [2.45, 2.75) is 0 Å². The Labute approximate surface area is 88.5 Å². The molecule has 0 atom stereocenters. The maximum absolute atomic E-state index is 10.7. The van der Waals surface area contributed by atoms with E-state index in [9.17, 15) is 4.79 Å². The number of pyridine rings is 1. The van der Waals surface area contributed by atoms with Crippen molar-refractivity contribution in [3.05, 3.63) is 23.9 Å². The van der Waals surface area contributed by atoms with Crippen LogP contribution in [-0.2, 0) is 0 Å². The van der Waals surface area contributed by atoms with Gasteiger partial charge in [0.1, 0.15) is 5.82 Å². The highest BCUT2D eigenvalue weighted by Crippen LogP contribution is 2.13. The lowest BCUT2D eigenvalue weighted by atomic mass is 10.2. The molecule has 1 aromatic heterocycles. The molecule has 0 saturated heterocycles. The van der Waals surface area contributed by atoms with Gasteiger partial charge in [-0.25, -0.2) is 4.98 Å². The van der Waals surface area contributed by atoms with E-state index in [0.29, 0.717) is 5.56 Å². The van der Waals surface area contributed by atoms with Gasteiger partial charge in [-0.3, -0.25) is 4.79 Å². The van der Waals surface area contributed by atoms with Gasteiger partial charge >= 0.3 is 0 Å². The van der Waals surface area contributed by atoms with Crippen molar-refractivity contribution in [1.82, 2.24) is 4.98 Å². The van der Waals surface area contributed by atoms with Gasteiger partial charge in [0.05, 0.1) is 5.56 Å². The lowest BCUT2D eigenvalue weighted by Gasteiger charge is -2.18. The molecule has 0 radical (unpaired) electrons. The molecule has 76 valence electrons. The zero-order chi connectivity index (χ0) is 10.4. The SMILES string of the molecule is CSCCN(C)c1ncccc1C=O. The standard InChI is InChI=1S/C10H14N2OS/c1-12(6-7-14-2)10-9(8-13)4-3-5-11-10/h3-5,8H,6-7H2,1-2H3. The number of rotatable bonds is 5. The molecular weight excluding hydrogens is 196 g/mol. The average molecular weight is 210 g/mol. The van der Waals surface area contributed by atoms with Gasteiger partial charge in [-0.1, -0.05) is 0 Å². The van der Waals surface area contributed by atoms with E-state index in [4.69, 9.17) is 0 Å². The fourth-order valence-electron chi connectivity index (χ4n) is 1.15. The number of carbonyl (C=O) groups excluding carboxylic acids is 1. The van der Waals surface area contributed by atoms with Crippen LogP contribution in [0.2, 0.25) is 0 Å². The van der Waals surface area contributed by atoms with Gasteiger partial charge < -0.3 is 4.90 Å². The molecule has 0 aliphatic carbocycles. The topological polar surface area (TPSA) is 33.2 Å². The van der Waals surface area contributed by atoms with Crippen LogP contribution in [0.1, 0.15) is 10.4 Å². The van der Waals surface area contributed by atoms with Gasteiger partial charge in [0.15, 0.2) is 6.29 Å². The summed E-state index contributed by atoms with van der Waals surface area (Å²) in [4.78, 5) is 16.9. The second-order valence-corrected chi connectivity index (χ2v) is 3.93. The van der Waals surface area contributed by atoms with Crippen LogP contribution in [-0.4, -0.2) is 36.9 Å². The Bertz CT molecular complexity index is 304. The number of nitrogens with zero attached hydrogens (tertiary/aromatic N) is 2. The molecule has 0 N–H and O–H groups in total. The van der Waals surface area contributed by atoms with Crippen molar-refractivity contribution >= 4 is 23.9 Å². The van der Waals surface area contributed by atoms with Crippen LogP contribution < -0.4 is 4.90 Å². The molecule has 0 amide bonds. The van der Waals surface area contributed by atoms with E-state index in [1.807, 2.05) is 11.9 Å². The minimum Gasteiger partial charge on any atom is -0.358 e. The number of aromatic nitrogens is 1. The van der Waals surface area contributed by atoms with Crippen LogP contribution in [0.3, 0.4) is 0 Å². The second-order valence-electron chi connectivity index (χ2n) is 2.95. The summed E-state index contributed by atoms with van der Waals surface area (Å²) in [5.41, 5.74) is 0.649. The summed E-state index contributed by atoms with van der Waals surface area (Å²) in [6.45, 7) is 0.902. The third-order valence-electron chi connectivity index (χ3n) is 1.94. The highest BCUT2D eigenvalue weighted by Gasteiger charge is 2.06. The predicted molar refractivity (Wildman–Crippen MR) is 61.3 cm³/mol. The fourth-order valence-corrected chi connectivity index (χ4v) is 1.61. The van der Waals surface area contributed by atoms with Gasteiger partial charge in [0.2, 0.25) is 0 Å². The van der Waals surface area contributed by atoms with Gasteiger partial charge in [-0.05, 0) is 18.4 Å². The monoisotopic (exact) mass is 210 g/mol. The van der Waals surface area contributed by atoms with Crippen LogP contribution in [0, 0.1) is 0 Å². The van der Waals surface area contributed by atoms with Gasteiger partial charge in [-0.2, -0.15) is 11.8 Å².